The van der Waals surface area contributed by atoms with E-state index in [0.29, 0.717) is 11.4 Å². The van der Waals surface area contributed by atoms with Crippen LogP contribution in [0.25, 0.3) is 0 Å². The highest BCUT2D eigenvalue weighted by molar-refractivity contribution is 7.89. The molecule has 9 nitrogen and oxygen atoms in total. The molecule has 11 heteroatoms. The number of benzene rings is 3. The number of halogens is 1. The number of amides is 1. The van der Waals surface area contributed by atoms with Gasteiger partial charge in [-0.3, -0.25) is 4.79 Å². The molecule has 0 bridgehead atoms. The molecular formula is C26H25ClN2O7S. The fourth-order valence-corrected chi connectivity index (χ4v) is 4.99. The number of sulfonamides is 1. The van der Waals surface area contributed by atoms with Crippen molar-refractivity contribution >= 4 is 45.2 Å². The summed E-state index contributed by atoms with van der Waals surface area (Å²) in [6.45, 7) is -0.494. The van der Waals surface area contributed by atoms with Gasteiger partial charge in [0.25, 0.3) is 0 Å². The van der Waals surface area contributed by atoms with Crippen LogP contribution in [0.5, 0.6) is 0 Å². The maximum atomic E-state index is 13.4. The molecule has 194 valence electrons. The number of nitrogens with one attached hydrogen (secondary N) is 1. The van der Waals surface area contributed by atoms with Gasteiger partial charge in [-0.15, -0.1) is 0 Å². The molecule has 0 saturated carbocycles. The van der Waals surface area contributed by atoms with Gasteiger partial charge in [-0.1, -0.05) is 41.9 Å². The Morgan fingerprint density at radius 3 is 1.97 bits per heavy atom. The van der Waals surface area contributed by atoms with Crippen molar-refractivity contribution in [3.63, 3.8) is 0 Å². The third-order valence-corrected chi connectivity index (χ3v) is 7.43. The van der Waals surface area contributed by atoms with E-state index < -0.39 is 34.4 Å². The maximum Gasteiger partial charge on any atom is 0.337 e. The number of esters is 2. The van der Waals surface area contributed by atoms with Gasteiger partial charge in [0, 0.05) is 17.3 Å². The largest absolute Gasteiger partial charge is 0.465 e. The van der Waals surface area contributed by atoms with Gasteiger partial charge in [0.2, 0.25) is 15.9 Å². The highest BCUT2D eigenvalue weighted by atomic mass is 35.5. The van der Waals surface area contributed by atoms with Gasteiger partial charge in [-0.05, 0) is 54.4 Å². The number of anilines is 1. The Balaban J connectivity index is 1.88. The fraction of sp³-hybridized carbons (Fsp3) is 0.192. The third-order valence-electron chi connectivity index (χ3n) is 5.32. The molecule has 0 aliphatic heterocycles. The van der Waals surface area contributed by atoms with Gasteiger partial charge in [0.15, 0.2) is 0 Å². The molecule has 0 aromatic heterocycles. The van der Waals surface area contributed by atoms with E-state index >= 15 is 0 Å². The van der Waals surface area contributed by atoms with Crippen molar-refractivity contribution in [2.45, 2.75) is 11.3 Å². The van der Waals surface area contributed by atoms with Crippen molar-refractivity contribution in [2.24, 2.45) is 0 Å². The topological polar surface area (TPSA) is 119 Å². The van der Waals surface area contributed by atoms with Gasteiger partial charge in [0.05, 0.1) is 36.8 Å². The summed E-state index contributed by atoms with van der Waals surface area (Å²) < 4.78 is 37.3. The summed E-state index contributed by atoms with van der Waals surface area (Å²) >= 11 is 5.91. The Labute approximate surface area is 220 Å². The third kappa shape index (κ3) is 7.39. The predicted octanol–water partition coefficient (Wildman–Crippen LogP) is 3.79. The second-order valence-electron chi connectivity index (χ2n) is 7.86. The first-order valence-corrected chi connectivity index (χ1v) is 12.9. The van der Waals surface area contributed by atoms with Crippen LogP contribution < -0.4 is 5.32 Å². The first kappa shape index (κ1) is 27.9. The molecule has 3 aromatic rings. The molecular weight excluding hydrogens is 520 g/mol. The Morgan fingerprint density at radius 1 is 0.865 bits per heavy atom. The van der Waals surface area contributed by atoms with Crippen LogP contribution >= 0.6 is 11.6 Å². The Bertz CT molecular complexity index is 1340. The zero-order valence-electron chi connectivity index (χ0n) is 20.1. The lowest BCUT2D eigenvalue weighted by molar-refractivity contribution is -0.116. The second kappa shape index (κ2) is 12.5. The summed E-state index contributed by atoms with van der Waals surface area (Å²) in [6.07, 6.45) is 0.366. The molecule has 0 unspecified atom stereocenters. The number of hydrogen-bond acceptors (Lipinski definition) is 7. The maximum absolute atomic E-state index is 13.4. The summed E-state index contributed by atoms with van der Waals surface area (Å²) in [6, 6.07) is 18.8. The number of carbonyl (C=O) groups excluding carboxylic acids is 3. The van der Waals surface area contributed by atoms with E-state index in [1.807, 2.05) is 30.3 Å². The van der Waals surface area contributed by atoms with Crippen molar-refractivity contribution in [1.29, 1.82) is 0 Å². The summed E-state index contributed by atoms with van der Waals surface area (Å²) in [7, 11) is -1.70. The van der Waals surface area contributed by atoms with Crippen LogP contribution in [0.3, 0.4) is 0 Å². The molecule has 0 spiro atoms. The zero-order chi connectivity index (χ0) is 27.0. The predicted molar refractivity (Wildman–Crippen MR) is 138 cm³/mol. The molecule has 0 aliphatic carbocycles. The molecule has 3 aromatic carbocycles. The van der Waals surface area contributed by atoms with Crippen LogP contribution in [-0.2, 0) is 30.7 Å². The van der Waals surface area contributed by atoms with Crippen molar-refractivity contribution in [3.05, 3.63) is 94.5 Å². The summed E-state index contributed by atoms with van der Waals surface area (Å²) in [5.74, 6) is -2.13. The van der Waals surface area contributed by atoms with E-state index in [9.17, 15) is 22.8 Å². The van der Waals surface area contributed by atoms with Crippen molar-refractivity contribution in [1.82, 2.24) is 4.31 Å². The van der Waals surface area contributed by atoms with Crippen LogP contribution in [0.1, 0.15) is 26.3 Å². The Hall–Kier alpha value is -3.73. The number of rotatable bonds is 10. The highest BCUT2D eigenvalue weighted by Gasteiger charge is 2.27. The molecule has 0 atom stereocenters. The van der Waals surface area contributed by atoms with E-state index in [2.05, 4.69) is 5.32 Å². The van der Waals surface area contributed by atoms with E-state index in [1.54, 1.807) is 0 Å². The Morgan fingerprint density at radius 2 is 1.43 bits per heavy atom. The molecule has 3 rings (SSSR count). The fourth-order valence-electron chi connectivity index (χ4n) is 3.47. The normalized spacial score (nSPS) is 11.1. The van der Waals surface area contributed by atoms with E-state index in [-0.39, 0.29) is 28.3 Å². The molecule has 1 amide bonds. The van der Waals surface area contributed by atoms with Crippen LogP contribution in [0.2, 0.25) is 5.02 Å². The van der Waals surface area contributed by atoms with Crippen LogP contribution in [0, 0.1) is 0 Å². The lowest BCUT2D eigenvalue weighted by Crippen LogP contribution is -2.39. The number of hydrogen-bond donors (Lipinski definition) is 1. The molecule has 0 saturated heterocycles. The first-order valence-electron chi connectivity index (χ1n) is 11.0. The number of ether oxygens (including phenoxy) is 2. The standard InChI is InChI=1S/C26H25ClN2O7S/c1-35-25(31)19-14-20(26(32)36-2)16-22(15-19)28-24(30)17-29(13-12-18-6-4-3-5-7-18)37(33,34)23-10-8-21(27)9-11-23/h3-11,14-16H,12-13,17H2,1-2H3,(H,28,30). The minimum Gasteiger partial charge on any atom is -0.465 e. The minimum atomic E-state index is -4.06. The van der Waals surface area contributed by atoms with E-state index in [1.165, 1.54) is 56.7 Å². The highest BCUT2D eigenvalue weighted by Crippen LogP contribution is 2.21. The minimum absolute atomic E-state index is 0.00965. The monoisotopic (exact) mass is 544 g/mol. The Kier molecular flexibility index (Phi) is 9.40. The number of methoxy groups -OCH3 is 2. The van der Waals surface area contributed by atoms with Crippen LogP contribution in [0.15, 0.2) is 77.7 Å². The lowest BCUT2D eigenvalue weighted by atomic mass is 10.1. The van der Waals surface area contributed by atoms with Crippen LogP contribution in [-0.4, -0.2) is 57.9 Å². The summed E-state index contributed by atoms with van der Waals surface area (Å²) in [5.41, 5.74) is 1.01. The average molecular weight is 545 g/mol. The van der Waals surface area contributed by atoms with E-state index in [0.717, 1.165) is 9.87 Å². The van der Waals surface area contributed by atoms with Gasteiger partial charge in [-0.25, -0.2) is 18.0 Å². The SMILES string of the molecule is COC(=O)c1cc(NC(=O)CN(CCc2ccccc2)S(=O)(=O)c2ccc(Cl)cc2)cc(C(=O)OC)c1. The average Bonchev–Trinajstić information content (AvgIpc) is 2.90. The van der Waals surface area contributed by atoms with Crippen molar-refractivity contribution < 1.29 is 32.3 Å². The van der Waals surface area contributed by atoms with E-state index in [4.69, 9.17) is 21.1 Å². The number of nitrogens with zero attached hydrogens (tertiary/aromatic N) is 1. The molecule has 0 fully saturated rings. The number of carbonyl (C=O) groups is 3. The smallest absolute Gasteiger partial charge is 0.337 e. The van der Waals surface area contributed by atoms with Gasteiger partial charge >= 0.3 is 11.9 Å². The molecule has 0 heterocycles. The van der Waals surface area contributed by atoms with Crippen LogP contribution in [0.4, 0.5) is 5.69 Å². The van der Waals surface area contributed by atoms with Gasteiger partial charge in [0.1, 0.15) is 0 Å². The molecule has 0 aliphatic rings. The van der Waals surface area contributed by atoms with Gasteiger partial charge < -0.3 is 14.8 Å². The molecule has 1 N–H and O–H groups in total. The lowest BCUT2D eigenvalue weighted by Gasteiger charge is -2.22. The molecule has 37 heavy (non-hydrogen) atoms. The zero-order valence-corrected chi connectivity index (χ0v) is 21.7. The van der Waals surface area contributed by atoms with Crippen molar-refractivity contribution in [3.8, 4) is 0 Å². The summed E-state index contributed by atoms with van der Waals surface area (Å²) in [5, 5.41) is 2.93. The summed E-state index contributed by atoms with van der Waals surface area (Å²) in [4.78, 5) is 37.1. The first-order chi connectivity index (χ1) is 17.6. The quantitative estimate of drug-likeness (QED) is 0.386. The van der Waals surface area contributed by atoms with Gasteiger partial charge in [-0.2, -0.15) is 4.31 Å². The van der Waals surface area contributed by atoms with Crippen molar-refractivity contribution in [2.75, 3.05) is 32.6 Å². The second-order valence-corrected chi connectivity index (χ2v) is 10.2. The molecule has 0 radical (unpaired) electrons.